The highest BCUT2D eigenvalue weighted by Crippen LogP contribution is 2.10. The molecular weight excluding hydrogens is 392 g/mol. The zero-order chi connectivity index (χ0) is 21.9. The quantitative estimate of drug-likeness (QED) is 0.519. The fourth-order valence-electron chi connectivity index (χ4n) is 3.09. The third-order valence-corrected chi connectivity index (χ3v) is 4.66. The van der Waals surface area contributed by atoms with E-state index in [1.54, 1.807) is 60.9 Å². The molecule has 0 N–H and O–H groups in total. The highest BCUT2D eigenvalue weighted by Gasteiger charge is 2.30. The lowest BCUT2D eigenvalue weighted by atomic mass is 10.1. The zero-order valence-electron chi connectivity index (χ0n) is 17.1. The molecule has 0 aliphatic rings. The van der Waals surface area contributed by atoms with E-state index in [2.05, 4.69) is 4.98 Å². The number of pyridine rings is 1. The van der Waals surface area contributed by atoms with Crippen LogP contribution in [0.15, 0.2) is 85.2 Å². The predicted octanol–water partition coefficient (Wildman–Crippen LogP) is 3.99. The van der Waals surface area contributed by atoms with E-state index < -0.39 is 17.9 Å². The Hall–Kier alpha value is -3.80. The molecule has 0 atom stereocenters. The largest absolute Gasteiger partial charge is 0.449 e. The van der Waals surface area contributed by atoms with Crippen molar-refractivity contribution in [2.24, 2.45) is 0 Å². The summed E-state index contributed by atoms with van der Waals surface area (Å²) >= 11 is 0. The Bertz CT molecular complexity index is 938. The number of hydrogen-bond donors (Lipinski definition) is 0. The van der Waals surface area contributed by atoms with E-state index in [0.29, 0.717) is 17.7 Å². The lowest BCUT2D eigenvalue weighted by Gasteiger charge is -2.19. The molecule has 0 spiro atoms. The fourth-order valence-corrected chi connectivity index (χ4v) is 3.09. The van der Waals surface area contributed by atoms with E-state index in [9.17, 15) is 14.4 Å². The average Bonchev–Trinajstić information content (AvgIpc) is 2.79. The Morgan fingerprint density at radius 1 is 0.710 bits per heavy atom. The second kappa shape index (κ2) is 11.4. The van der Waals surface area contributed by atoms with Gasteiger partial charge in [-0.2, -0.15) is 4.90 Å². The number of carbonyl (C=O) groups is 3. The van der Waals surface area contributed by atoms with E-state index in [4.69, 9.17) is 4.74 Å². The third-order valence-electron chi connectivity index (χ3n) is 4.66. The Morgan fingerprint density at radius 2 is 1.23 bits per heavy atom. The van der Waals surface area contributed by atoms with Gasteiger partial charge in [0.15, 0.2) is 0 Å². The molecule has 0 radical (unpaired) electrons. The number of ether oxygens (including phenoxy) is 1. The number of imide groups is 3. The van der Waals surface area contributed by atoms with Crippen molar-refractivity contribution in [3.8, 4) is 0 Å². The second-order valence-electron chi connectivity index (χ2n) is 7.02. The lowest BCUT2D eigenvalue weighted by Crippen LogP contribution is -2.44. The summed E-state index contributed by atoms with van der Waals surface area (Å²) in [5, 5.41) is 0. The summed E-state index contributed by atoms with van der Waals surface area (Å²) in [5.74, 6) is -1.21. The van der Waals surface area contributed by atoms with Gasteiger partial charge in [0.1, 0.15) is 0 Å². The van der Waals surface area contributed by atoms with Gasteiger partial charge in [-0.15, -0.1) is 0 Å². The van der Waals surface area contributed by atoms with Crippen molar-refractivity contribution in [3.05, 3.63) is 102 Å². The minimum atomic E-state index is -0.934. The van der Waals surface area contributed by atoms with Crippen LogP contribution in [0.25, 0.3) is 0 Å². The lowest BCUT2D eigenvalue weighted by molar-refractivity contribution is -0.141. The standard InChI is InChI=1S/C25H24N2O4/c28-23(18-21-8-3-1-4-9-21)27(24(29)19-22-10-5-2-6-11-22)25(30)31-17-7-12-20-13-15-26-16-14-20/h1-6,8-11,13-16H,7,12,17-19H2. The van der Waals surface area contributed by atoms with Gasteiger partial charge < -0.3 is 4.74 Å². The van der Waals surface area contributed by atoms with Crippen LogP contribution in [0.2, 0.25) is 0 Å². The van der Waals surface area contributed by atoms with Gasteiger partial charge >= 0.3 is 6.09 Å². The van der Waals surface area contributed by atoms with Crippen LogP contribution in [0.5, 0.6) is 0 Å². The van der Waals surface area contributed by atoms with Gasteiger partial charge in [0.05, 0.1) is 19.4 Å². The molecule has 1 aromatic heterocycles. The Kier molecular flexibility index (Phi) is 8.05. The first kappa shape index (κ1) is 21.9. The minimum absolute atomic E-state index is 0.0620. The molecule has 0 saturated carbocycles. The van der Waals surface area contributed by atoms with Gasteiger partial charge in [-0.25, -0.2) is 4.79 Å². The van der Waals surface area contributed by atoms with Crippen molar-refractivity contribution >= 4 is 17.9 Å². The van der Waals surface area contributed by atoms with E-state index in [0.717, 1.165) is 16.7 Å². The Labute approximate surface area is 181 Å². The van der Waals surface area contributed by atoms with Crippen LogP contribution < -0.4 is 0 Å². The van der Waals surface area contributed by atoms with Crippen molar-refractivity contribution in [2.75, 3.05) is 6.61 Å². The number of hydrogen-bond acceptors (Lipinski definition) is 5. The van der Waals surface area contributed by atoms with E-state index in [-0.39, 0.29) is 19.4 Å². The highest BCUT2D eigenvalue weighted by molar-refractivity contribution is 6.09. The number of amides is 3. The van der Waals surface area contributed by atoms with Crippen molar-refractivity contribution < 1.29 is 19.1 Å². The summed E-state index contributed by atoms with van der Waals surface area (Å²) in [5.41, 5.74) is 2.51. The number of benzene rings is 2. The SMILES string of the molecule is O=C(Cc1ccccc1)N(C(=O)Cc1ccccc1)C(=O)OCCCc1ccncc1. The zero-order valence-corrected chi connectivity index (χ0v) is 17.1. The maximum absolute atomic E-state index is 12.8. The molecule has 0 saturated heterocycles. The van der Waals surface area contributed by atoms with Gasteiger partial charge in [0.25, 0.3) is 0 Å². The summed E-state index contributed by atoms with van der Waals surface area (Å²) in [6.45, 7) is 0.106. The molecule has 6 heteroatoms. The molecule has 2 aromatic carbocycles. The van der Waals surface area contributed by atoms with Gasteiger partial charge in [0, 0.05) is 12.4 Å². The van der Waals surface area contributed by atoms with Crippen LogP contribution in [0.1, 0.15) is 23.1 Å². The van der Waals surface area contributed by atoms with Crippen LogP contribution in [0.3, 0.4) is 0 Å². The van der Waals surface area contributed by atoms with Crippen LogP contribution in [0, 0.1) is 0 Å². The molecule has 0 unspecified atom stereocenters. The maximum Gasteiger partial charge on any atom is 0.423 e. The Balaban J connectivity index is 1.64. The van der Waals surface area contributed by atoms with Crippen molar-refractivity contribution in [2.45, 2.75) is 25.7 Å². The maximum atomic E-state index is 12.8. The summed E-state index contributed by atoms with van der Waals surface area (Å²) in [7, 11) is 0. The molecule has 1 heterocycles. The van der Waals surface area contributed by atoms with Crippen molar-refractivity contribution in [1.29, 1.82) is 0 Å². The fraction of sp³-hybridized carbons (Fsp3) is 0.200. The van der Waals surface area contributed by atoms with Gasteiger partial charge in [-0.1, -0.05) is 60.7 Å². The number of rotatable bonds is 8. The molecule has 6 nitrogen and oxygen atoms in total. The second-order valence-corrected chi connectivity index (χ2v) is 7.02. The van der Waals surface area contributed by atoms with Crippen molar-refractivity contribution in [1.82, 2.24) is 9.88 Å². The molecule has 0 fully saturated rings. The number of aryl methyl sites for hydroxylation is 1. The first-order valence-electron chi connectivity index (χ1n) is 10.1. The number of aromatic nitrogens is 1. The first-order chi connectivity index (χ1) is 15.1. The monoisotopic (exact) mass is 416 g/mol. The predicted molar refractivity (Wildman–Crippen MR) is 116 cm³/mol. The molecule has 31 heavy (non-hydrogen) atoms. The summed E-state index contributed by atoms with van der Waals surface area (Å²) < 4.78 is 5.27. The number of nitrogens with zero attached hydrogens (tertiary/aromatic N) is 2. The Morgan fingerprint density at radius 3 is 1.74 bits per heavy atom. The molecule has 0 aliphatic heterocycles. The summed E-state index contributed by atoms with van der Waals surface area (Å²) in [6, 6.07) is 21.8. The molecule has 3 aromatic rings. The van der Waals surface area contributed by atoms with Gasteiger partial charge in [-0.05, 0) is 41.7 Å². The van der Waals surface area contributed by atoms with E-state index in [1.807, 2.05) is 24.3 Å². The molecule has 3 amide bonds. The van der Waals surface area contributed by atoms with E-state index in [1.165, 1.54) is 0 Å². The molecule has 0 aliphatic carbocycles. The van der Waals surface area contributed by atoms with Crippen LogP contribution in [-0.4, -0.2) is 34.4 Å². The summed E-state index contributed by atoms with van der Waals surface area (Å²) in [4.78, 5) is 42.9. The normalized spacial score (nSPS) is 10.3. The minimum Gasteiger partial charge on any atom is -0.449 e. The van der Waals surface area contributed by atoms with Gasteiger partial charge in [0.2, 0.25) is 11.8 Å². The smallest absolute Gasteiger partial charge is 0.423 e. The first-order valence-corrected chi connectivity index (χ1v) is 10.1. The van der Waals surface area contributed by atoms with Crippen LogP contribution >= 0.6 is 0 Å². The highest BCUT2D eigenvalue weighted by atomic mass is 16.6. The average molecular weight is 416 g/mol. The van der Waals surface area contributed by atoms with Crippen molar-refractivity contribution in [3.63, 3.8) is 0 Å². The van der Waals surface area contributed by atoms with Crippen LogP contribution in [-0.2, 0) is 33.6 Å². The number of carbonyl (C=O) groups excluding carboxylic acids is 3. The molecule has 0 bridgehead atoms. The molecule has 158 valence electrons. The molecule has 3 rings (SSSR count). The third kappa shape index (κ3) is 6.89. The summed E-state index contributed by atoms with van der Waals surface area (Å²) in [6.07, 6.45) is 3.62. The van der Waals surface area contributed by atoms with Gasteiger partial charge in [-0.3, -0.25) is 14.6 Å². The van der Waals surface area contributed by atoms with Crippen LogP contribution in [0.4, 0.5) is 4.79 Å². The molecular formula is C25H24N2O4. The van der Waals surface area contributed by atoms with E-state index >= 15 is 0 Å². The topological polar surface area (TPSA) is 76.6 Å².